The van der Waals surface area contributed by atoms with Crippen molar-refractivity contribution in [3.05, 3.63) is 140 Å². The van der Waals surface area contributed by atoms with E-state index < -0.39 is 47.4 Å². The number of aryl methyl sites for hydroxylation is 1. The van der Waals surface area contributed by atoms with Crippen molar-refractivity contribution in [1.82, 2.24) is 9.55 Å². The van der Waals surface area contributed by atoms with Gasteiger partial charge in [0.1, 0.15) is 35.5 Å². The zero-order chi connectivity index (χ0) is 35.0. The van der Waals surface area contributed by atoms with Crippen molar-refractivity contribution < 1.29 is 28.5 Å². The Labute approximate surface area is 293 Å². The molecule has 0 aliphatic carbocycles. The Balaban J connectivity index is 1.70. The molecule has 0 bridgehead atoms. The van der Waals surface area contributed by atoms with Crippen LogP contribution in [0.4, 0.5) is 0 Å². The average Bonchev–Trinajstić information content (AvgIpc) is 3.52. The van der Waals surface area contributed by atoms with Gasteiger partial charge in [0.15, 0.2) is 0 Å². The lowest BCUT2D eigenvalue weighted by Crippen LogP contribution is -2.45. The molecule has 1 aromatic heterocycles. The van der Waals surface area contributed by atoms with E-state index in [-0.39, 0.29) is 6.42 Å². The quantitative estimate of drug-likeness (QED) is 0.0706. The van der Waals surface area contributed by atoms with Gasteiger partial charge in [-0.2, -0.15) is 0 Å². The van der Waals surface area contributed by atoms with Crippen molar-refractivity contribution in [3.8, 4) is 11.5 Å². The van der Waals surface area contributed by atoms with E-state index in [1.807, 2.05) is 84.9 Å². The van der Waals surface area contributed by atoms with Gasteiger partial charge in [-0.3, -0.25) is 19.1 Å². The number of carbonyl (C=O) groups is 1. The highest BCUT2D eigenvalue weighted by Gasteiger charge is 2.48. The van der Waals surface area contributed by atoms with E-state index in [0.29, 0.717) is 23.5 Å². The lowest BCUT2D eigenvalue weighted by molar-refractivity contribution is -0.165. The van der Waals surface area contributed by atoms with Gasteiger partial charge in [0.25, 0.3) is 5.56 Å². The van der Waals surface area contributed by atoms with E-state index >= 15 is 0 Å². The number of carbonyl (C=O) groups excluding carboxylic acids is 1. The molecule has 4 atom stereocenters. The molecule has 4 aromatic rings. The molecule has 258 valence electrons. The molecular formula is C38H41BrN2O8. The van der Waals surface area contributed by atoms with Gasteiger partial charge >= 0.3 is 11.7 Å². The zero-order valence-corrected chi connectivity index (χ0v) is 29.6. The van der Waals surface area contributed by atoms with Crippen molar-refractivity contribution in [2.75, 3.05) is 19.5 Å². The molecule has 2 heterocycles. The Bertz CT molecular complexity index is 1790. The normalized spacial score (nSPS) is 18.3. The maximum absolute atomic E-state index is 13.0. The molecule has 1 saturated heterocycles. The molecule has 11 heteroatoms. The molecule has 0 saturated carbocycles. The number of esters is 1. The fraction of sp³-hybridized carbons (Fsp3) is 0.342. The highest BCUT2D eigenvalue weighted by molar-refractivity contribution is 9.09. The molecule has 10 nitrogen and oxygen atoms in total. The molecule has 0 spiro atoms. The highest BCUT2D eigenvalue weighted by Crippen LogP contribution is 2.45. The number of aromatic amines is 1. The van der Waals surface area contributed by atoms with Gasteiger partial charge in [0, 0.05) is 30.4 Å². The molecule has 5 rings (SSSR count). The number of hydrogen-bond acceptors (Lipinski definition) is 8. The molecule has 1 fully saturated rings. The third-order valence-corrected chi connectivity index (χ3v) is 9.02. The zero-order valence-electron chi connectivity index (χ0n) is 28.0. The molecule has 1 aliphatic rings. The Kier molecular flexibility index (Phi) is 11.9. The third kappa shape index (κ3) is 8.07. The first kappa shape index (κ1) is 35.8. The van der Waals surface area contributed by atoms with Crippen molar-refractivity contribution >= 4 is 21.9 Å². The number of methoxy groups -OCH3 is 2. The number of rotatable bonds is 14. The van der Waals surface area contributed by atoms with Crippen LogP contribution in [0.2, 0.25) is 0 Å². The van der Waals surface area contributed by atoms with Crippen molar-refractivity contribution in [1.29, 1.82) is 0 Å². The Morgan fingerprint density at radius 3 is 2.10 bits per heavy atom. The summed E-state index contributed by atoms with van der Waals surface area (Å²) in [6.07, 6.45) is 3.80. The fourth-order valence-corrected chi connectivity index (χ4v) is 6.47. The van der Waals surface area contributed by atoms with Gasteiger partial charge in [-0.1, -0.05) is 82.7 Å². The fourth-order valence-electron chi connectivity index (χ4n) is 6.21. The number of ether oxygens (including phenoxy) is 5. The van der Waals surface area contributed by atoms with E-state index in [9.17, 15) is 14.4 Å². The third-order valence-electron chi connectivity index (χ3n) is 8.57. The highest BCUT2D eigenvalue weighted by atomic mass is 79.9. The monoisotopic (exact) mass is 732 g/mol. The van der Waals surface area contributed by atoms with E-state index in [4.69, 9.17) is 23.7 Å². The predicted octanol–water partition coefficient (Wildman–Crippen LogP) is 6.19. The number of hydrogen-bond donors (Lipinski definition) is 1. The minimum absolute atomic E-state index is 0.171. The van der Waals surface area contributed by atoms with Gasteiger partial charge in [-0.25, -0.2) is 4.79 Å². The standard InChI is InChI=1S/C38H41BrN2O8/c1-25-24-41(37(44)40-36(25)43)34-23-33(47-26(2)42)35(48-34)32(13-9-6-10-22-39)49-38(27-11-7-5-8-12-27,28-14-18-30(45-3)19-15-28)29-16-20-31(46-4)21-17-29/h5-9,11-12,14-21,24,32-35H,10,13,22-23H2,1-4H3,(H,40,43,44)/b9-6+/t32-,33-,34+,35+/m0/s1. The second-order valence-electron chi connectivity index (χ2n) is 11.8. The van der Waals surface area contributed by atoms with Crippen LogP contribution < -0.4 is 20.7 Å². The minimum atomic E-state index is -1.19. The summed E-state index contributed by atoms with van der Waals surface area (Å²) in [4.78, 5) is 40.0. The number of allylic oxidation sites excluding steroid dienone is 1. The summed E-state index contributed by atoms with van der Waals surface area (Å²) in [5.41, 5.74) is 0.565. The van der Waals surface area contributed by atoms with Crippen LogP contribution in [0.3, 0.4) is 0 Å². The van der Waals surface area contributed by atoms with Crippen LogP contribution in [-0.2, 0) is 24.6 Å². The van der Waals surface area contributed by atoms with Gasteiger partial charge in [0.05, 0.1) is 20.3 Å². The van der Waals surface area contributed by atoms with Crippen LogP contribution in [0.5, 0.6) is 11.5 Å². The van der Waals surface area contributed by atoms with E-state index in [0.717, 1.165) is 28.4 Å². The molecule has 0 radical (unpaired) electrons. The first-order valence-electron chi connectivity index (χ1n) is 16.1. The summed E-state index contributed by atoms with van der Waals surface area (Å²) in [7, 11) is 3.24. The van der Waals surface area contributed by atoms with Crippen LogP contribution >= 0.6 is 15.9 Å². The number of nitrogens with one attached hydrogen (secondary N) is 1. The summed E-state index contributed by atoms with van der Waals surface area (Å²) in [5, 5.41) is 0.785. The molecular weight excluding hydrogens is 692 g/mol. The lowest BCUT2D eigenvalue weighted by atomic mass is 9.79. The summed E-state index contributed by atoms with van der Waals surface area (Å²) < 4.78 is 32.3. The first-order valence-corrected chi connectivity index (χ1v) is 17.2. The number of benzene rings is 3. The van der Waals surface area contributed by atoms with E-state index in [1.165, 1.54) is 17.7 Å². The SMILES string of the molecule is COc1ccc(C(O[C@@H](C/C=C/CCBr)[C@H]2O[C@@H](n3cc(C)c(=O)[nH]c3=O)C[C@@H]2OC(C)=O)(c2ccccc2)c2ccc(OC)cc2)cc1. The predicted molar refractivity (Wildman–Crippen MR) is 189 cm³/mol. The molecule has 0 unspecified atom stereocenters. The van der Waals surface area contributed by atoms with Crippen LogP contribution in [0.1, 0.15) is 54.7 Å². The van der Waals surface area contributed by atoms with Gasteiger partial charge in [0.2, 0.25) is 0 Å². The smallest absolute Gasteiger partial charge is 0.330 e. The van der Waals surface area contributed by atoms with Crippen molar-refractivity contribution in [3.63, 3.8) is 0 Å². The largest absolute Gasteiger partial charge is 0.497 e. The topological polar surface area (TPSA) is 118 Å². The summed E-state index contributed by atoms with van der Waals surface area (Å²) in [6.45, 7) is 2.96. The van der Waals surface area contributed by atoms with Crippen LogP contribution in [0.25, 0.3) is 0 Å². The number of nitrogens with zero attached hydrogens (tertiary/aromatic N) is 1. The molecule has 0 amide bonds. The summed E-state index contributed by atoms with van der Waals surface area (Å²) in [5.74, 6) is 0.888. The van der Waals surface area contributed by atoms with Gasteiger partial charge in [-0.05, 0) is 60.7 Å². The lowest BCUT2D eigenvalue weighted by Gasteiger charge is -2.41. The first-order chi connectivity index (χ1) is 23.7. The van der Waals surface area contributed by atoms with Crippen LogP contribution in [-0.4, -0.2) is 53.4 Å². The second-order valence-corrected chi connectivity index (χ2v) is 12.6. The molecule has 1 aliphatic heterocycles. The summed E-state index contributed by atoms with van der Waals surface area (Å²) >= 11 is 3.49. The minimum Gasteiger partial charge on any atom is -0.497 e. The number of H-pyrrole nitrogens is 1. The number of halogens is 1. The van der Waals surface area contributed by atoms with Crippen molar-refractivity contribution in [2.45, 2.75) is 63.3 Å². The summed E-state index contributed by atoms with van der Waals surface area (Å²) in [6, 6.07) is 25.3. The van der Waals surface area contributed by atoms with Crippen molar-refractivity contribution in [2.24, 2.45) is 0 Å². The van der Waals surface area contributed by atoms with Crippen LogP contribution in [0.15, 0.2) is 107 Å². The molecule has 49 heavy (non-hydrogen) atoms. The Hall–Kier alpha value is -4.45. The molecule has 1 N–H and O–H groups in total. The maximum Gasteiger partial charge on any atom is 0.330 e. The second kappa shape index (κ2) is 16.3. The molecule has 3 aromatic carbocycles. The Morgan fingerprint density at radius 2 is 1.55 bits per heavy atom. The number of aromatic nitrogens is 2. The van der Waals surface area contributed by atoms with E-state index in [2.05, 4.69) is 27.0 Å². The number of alkyl halides is 1. The Morgan fingerprint density at radius 1 is 0.959 bits per heavy atom. The van der Waals surface area contributed by atoms with Gasteiger partial charge in [-0.15, -0.1) is 0 Å². The maximum atomic E-state index is 13.0. The van der Waals surface area contributed by atoms with E-state index in [1.54, 1.807) is 21.1 Å². The van der Waals surface area contributed by atoms with Crippen LogP contribution in [0, 0.1) is 6.92 Å². The van der Waals surface area contributed by atoms with Gasteiger partial charge < -0.3 is 23.7 Å². The average molecular weight is 734 g/mol.